The molecule has 17 aromatic carbocycles. The molecule has 4 aliphatic carbocycles. The van der Waals surface area contributed by atoms with E-state index in [0.717, 1.165) is 34.1 Å². The Morgan fingerprint density at radius 1 is 0.184 bits per heavy atom. The summed E-state index contributed by atoms with van der Waals surface area (Å²) in [6, 6.07) is 134. The van der Waals surface area contributed by atoms with E-state index in [2.05, 4.69) is 519 Å². The molecule has 2 aromatic heterocycles. The molecule has 0 fully saturated rings. The maximum Gasteiger partial charge on any atom is 0.252 e. The molecule has 25 rings (SSSR count). The highest BCUT2D eigenvalue weighted by atomic mass is 15.2. The maximum atomic E-state index is 2.79. The first-order chi connectivity index (χ1) is 67.0. The first kappa shape index (κ1) is 88.4. The van der Waals surface area contributed by atoms with Gasteiger partial charge in [-0.1, -0.05) is 397 Å². The van der Waals surface area contributed by atoms with E-state index in [1.165, 1.54) is 227 Å². The van der Waals surface area contributed by atoms with Crippen LogP contribution in [-0.2, 0) is 54.1 Å². The maximum absolute atomic E-state index is 2.79. The highest BCUT2D eigenvalue weighted by molar-refractivity contribution is 7.00. The van der Waals surface area contributed by atoms with Crippen LogP contribution in [0.3, 0.4) is 0 Å². The van der Waals surface area contributed by atoms with E-state index >= 15 is 0 Å². The molecule has 0 radical (unpaired) electrons. The van der Waals surface area contributed by atoms with Crippen molar-refractivity contribution in [1.29, 1.82) is 0 Å². The van der Waals surface area contributed by atoms with Crippen LogP contribution in [0.2, 0.25) is 0 Å². The normalized spacial score (nSPS) is 14.7. The van der Waals surface area contributed by atoms with Gasteiger partial charge in [0.2, 0.25) is 0 Å². The third kappa shape index (κ3) is 12.9. The lowest BCUT2D eigenvalue weighted by molar-refractivity contribution is 0.568. The second-order valence-electron chi connectivity index (χ2n) is 50.1. The van der Waals surface area contributed by atoms with Gasteiger partial charge in [0.25, 0.3) is 6.71 Å². The molecule has 0 atom stereocenters. The van der Waals surface area contributed by atoms with Gasteiger partial charge in [0.15, 0.2) is 0 Å². The standard InChI is InChI=1S/C136H127BN4/c1-127(2,3)82-53-60-117(99(69-82)80-63-85(130(10,11)12)67-86(64-80)131(13,14)15)140-122-74-90(138-116-52-38-31-45-98(116)104-76-101-96-43-29-36-50-110(96)135(112(101)78-120(104)138)106-46-32-25-39-92(106)93-40-26-33-47-107(93)135)56-58-114(122)137-115-59-57-91(75-123(115)141(125-73-89(134(22,23)24)72-124(140)126(125)137)118-61-54-83(128(4,5)6)70-100(118)81-65-87(132(16,17)18)68-88(66-81)133(19,20)21)139-119-62-55-84(129(7,8)9)71-103(119)105-77-102-97-44-30-37-51-111(97)136(113(102)79-121(105)139)108-48-34-27-41-94(108)95-42-28-35-49-109(95)136/h25-79H,1-24H3. The zero-order valence-electron chi connectivity index (χ0n) is 86.6. The van der Waals surface area contributed by atoms with E-state index < -0.39 is 10.8 Å². The number of anilines is 6. The molecular weight excluding hydrogens is 1700 g/mol. The molecule has 5 heteroatoms. The third-order valence-electron chi connectivity index (χ3n) is 33.1. The fourth-order valence-electron chi connectivity index (χ4n) is 25.5. The summed E-state index contributed by atoms with van der Waals surface area (Å²) in [6.45, 7) is 57.2. The molecule has 0 N–H and O–H groups in total. The van der Waals surface area contributed by atoms with Gasteiger partial charge in [-0.25, -0.2) is 0 Å². The van der Waals surface area contributed by atoms with Crippen molar-refractivity contribution in [2.45, 2.75) is 220 Å². The van der Waals surface area contributed by atoms with Crippen LogP contribution in [0, 0.1) is 0 Å². The van der Waals surface area contributed by atoms with E-state index in [1.54, 1.807) is 0 Å². The van der Waals surface area contributed by atoms with Crippen molar-refractivity contribution in [3.05, 3.63) is 423 Å². The molecule has 19 aromatic rings. The van der Waals surface area contributed by atoms with E-state index in [9.17, 15) is 0 Å². The van der Waals surface area contributed by atoms with Crippen molar-refractivity contribution in [1.82, 2.24) is 9.13 Å². The number of aromatic nitrogens is 2. The van der Waals surface area contributed by atoms with Crippen LogP contribution in [0.15, 0.2) is 334 Å². The molecule has 0 amide bonds. The zero-order chi connectivity index (χ0) is 97.9. The first-order valence-corrected chi connectivity index (χ1v) is 51.5. The number of rotatable bonds is 6. The molecule has 6 aliphatic rings. The van der Waals surface area contributed by atoms with Crippen molar-refractivity contribution >= 4 is 101 Å². The van der Waals surface area contributed by atoms with Gasteiger partial charge < -0.3 is 18.9 Å². The molecule has 2 spiro atoms. The summed E-state index contributed by atoms with van der Waals surface area (Å²) in [7, 11) is 0. The summed E-state index contributed by atoms with van der Waals surface area (Å²) >= 11 is 0. The van der Waals surface area contributed by atoms with Crippen LogP contribution in [-0.4, -0.2) is 15.8 Å². The van der Waals surface area contributed by atoms with Crippen molar-refractivity contribution in [3.8, 4) is 78.1 Å². The summed E-state index contributed by atoms with van der Waals surface area (Å²) in [5.74, 6) is 0. The predicted octanol–water partition coefficient (Wildman–Crippen LogP) is 34.4. The van der Waals surface area contributed by atoms with Gasteiger partial charge in [0, 0.05) is 66.8 Å². The third-order valence-corrected chi connectivity index (χ3v) is 33.1. The van der Waals surface area contributed by atoms with Gasteiger partial charge in [0.1, 0.15) is 0 Å². The van der Waals surface area contributed by atoms with Crippen molar-refractivity contribution < 1.29 is 0 Å². The minimum atomic E-state index is -0.577. The Morgan fingerprint density at radius 2 is 0.475 bits per heavy atom. The fraction of sp³-hybridized carbons (Fsp3) is 0.250. The summed E-state index contributed by atoms with van der Waals surface area (Å²) in [5.41, 5.74) is 51.1. The molecule has 141 heavy (non-hydrogen) atoms. The Kier molecular flexibility index (Phi) is 18.7. The zero-order valence-corrected chi connectivity index (χ0v) is 86.6. The van der Waals surface area contributed by atoms with Gasteiger partial charge in [0.05, 0.1) is 44.3 Å². The number of hydrogen-bond acceptors (Lipinski definition) is 2. The lowest BCUT2D eigenvalue weighted by Gasteiger charge is -2.46. The quantitative estimate of drug-likeness (QED) is 0.154. The molecule has 4 nitrogen and oxygen atoms in total. The number of nitrogens with zero attached hydrogens (tertiary/aromatic N) is 4. The lowest BCUT2D eigenvalue weighted by Crippen LogP contribution is -2.61. The van der Waals surface area contributed by atoms with Gasteiger partial charge in [-0.05, 0) is 307 Å². The van der Waals surface area contributed by atoms with Crippen molar-refractivity contribution in [3.63, 3.8) is 0 Å². The molecule has 0 saturated carbocycles. The van der Waals surface area contributed by atoms with Gasteiger partial charge in [-0.2, -0.15) is 0 Å². The van der Waals surface area contributed by atoms with Gasteiger partial charge in [-0.3, -0.25) is 0 Å². The Balaban J connectivity index is 0.822. The van der Waals surface area contributed by atoms with Gasteiger partial charge >= 0.3 is 0 Å². The fourth-order valence-corrected chi connectivity index (χ4v) is 25.5. The van der Waals surface area contributed by atoms with Crippen LogP contribution in [0.25, 0.3) is 122 Å². The largest absolute Gasteiger partial charge is 0.311 e. The minimum absolute atomic E-state index is 0.133. The molecule has 4 heterocycles. The summed E-state index contributed by atoms with van der Waals surface area (Å²) in [4.78, 5) is 5.58. The summed E-state index contributed by atoms with van der Waals surface area (Å²) in [5, 5.41) is 4.95. The number of fused-ring (bicyclic) bond motifs is 30. The summed E-state index contributed by atoms with van der Waals surface area (Å²) in [6.07, 6.45) is 0. The van der Waals surface area contributed by atoms with Crippen molar-refractivity contribution in [2.24, 2.45) is 0 Å². The Labute approximate surface area is 835 Å². The lowest BCUT2D eigenvalue weighted by atomic mass is 9.33. The average molecular weight is 1830 g/mol. The van der Waals surface area contributed by atoms with Crippen molar-refractivity contribution in [2.75, 3.05) is 9.80 Å². The molecule has 0 bridgehead atoms. The monoisotopic (exact) mass is 1830 g/mol. The van der Waals surface area contributed by atoms with Crippen LogP contribution in [0.5, 0.6) is 0 Å². The molecule has 0 saturated heterocycles. The van der Waals surface area contributed by atoms with E-state index in [4.69, 9.17) is 0 Å². The molecular formula is C136H127BN4. The summed E-state index contributed by atoms with van der Waals surface area (Å²) < 4.78 is 5.32. The molecule has 0 unspecified atom stereocenters. The minimum Gasteiger partial charge on any atom is -0.311 e. The molecule has 694 valence electrons. The average Bonchev–Trinajstić information content (AvgIpc) is 1.56. The molecule has 2 aliphatic heterocycles. The smallest absolute Gasteiger partial charge is 0.252 e. The Hall–Kier alpha value is -14.0. The topological polar surface area (TPSA) is 16.3 Å². The SMILES string of the molecule is CC(C)(C)c1cc(-c2cc(C(C)(C)C)ccc2N2c3cc(-n4c5ccccc5c5cc6c(cc54)C4(c5ccccc5-c5ccccc54)c4ccccc4-6)ccc3B3c4ccc(-n5c6ccc(C(C)(C)C)cc6c6cc7c(cc65)C5(c6ccccc6-c6ccccc65)c5ccccc5-7)cc4N(c4ccc(C(C)(C)C)cc4-c4cc(C(C)(C)C)cc(C(C)(C)C)c4)c4cc(C(C)(C)C)cc2c43)cc(C(C)(C)C)c1. The van der Waals surface area contributed by atoms with E-state index in [1.807, 2.05) is 0 Å². The predicted molar refractivity (Wildman–Crippen MR) is 602 cm³/mol. The first-order valence-electron chi connectivity index (χ1n) is 51.5. The Bertz CT molecular complexity index is 8490. The van der Waals surface area contributed by atoms with Crippen LogP contribution in [0.4, 0.5) is 34.1 Å². The second kappa shape index (κ2) is 29.8. The number of benzene rings is 17. The van der Waals surface area contributed by atoms with Crippen LogP contribution < -0.4 is 26.2 Å². The second-order valence-corrected chi connectivity index (χ2v) is 50.1. The van der Waals surface area contributed by atoms with Crippen LogP contribution >= 0.6 is 0 Å². The van der Waals surface area contributed by atoms with Crippen LogP contribution in [0.1, 0.15) is 255 Å². The Morgan fingerprint density at radius 3 is 0.830 bits per heavy atom. The van der Waals surface area contributed by atoms with Gasteiger partial charge in [-0.15, -0.1) is 0 Å². The highest BCUT2D eigenvalue weighted by Gasteiger charge is 2.55. The number of hydrogen-bond donors (Lipinski definition) is 0. The van der Waals surface area contributed by atoms with E-state index in [0.29, 0.717) is 0 Å². The number of para-hydroxylation sites is 1. The highest BCUT2D eigenvalue weighted by Crippen LogP contribution is 2.67. The van der Waals surface area contributed by atoms with E-state index in [-0.39, 0.29) is 50.0 Å².